The zero-order valence-electron chi connectivity index (χ0n) is 12.1. The number of para-hydroxylation sites is 1. The van der Waals surface area contributed by atoms with Crippen molar-refractivity contribution in [3.05, 3.63) is 51.7 Å². The fourth-order valence-electron chi connectivity index (χ4n) is 2.00. The molecule has 2 N–H and O–H groups in total. The second-order valence-corrected chi connectivity index (χ2v) is 5.61. The van der Waals surface area contributed by atoms with Gasteiger partial charge in [-0.25, -0.2) is 0 Å². The lowest BCUT2D eigenvalue weighted by Gasteiger charge is -2.11. The highest BCUT2D eigenvalue weighted by Gasteiger charge is 2.09. The zero-order valence-corrected chi connectivity index (χ0v) is 12.9. The van der Waals surface area contributed by atoms with E-state index in [1.807, 2.05) is 37.4 Å². The number of hydrogen-bond donors (Lipinski definition) is 2. The number of carbonyl (C=O) groups excluding carboxylic acids is 2. The summed E-state index contributed by atoms with van der Waals surface area (Å²) in [5.41, 5.74) is 3.55. The average Bonchev–Trinajstić information content (AvgIpc) is 2.97. The predicted octanol–water partition coefficient (Wildman–Crippen LogP) is 3.12. The fraction of sp³-hybridized carbons (Fsp3) is 0.250. The lowest BCUT2D eigenvalue weighted by atomic mass is 10.1. The molecule has 1 aromatic heterocycles. The minimum Gasteiger partial charge on any atom is -0.351 e. The summed E-state index contributed by atoms with van der Waals surface area (Å²) in [4.78, 5) is 23.6. The van der Waals surface area contributed by atoms with E-state index < -0.39 is 0 Å². The maximum Gasteiger partial charge on any atom is 0.252 e. The van der Waals surface area contributed by atoms with Gasteiger partial charge in [0.2, 0.25) is 5.91 Å². The molecular formula is C16H18N2O2S. The summed E-state index contributed by atoms with van der Waals surface area (Å²) in [5.74, 6) is -0.242. The molecule has 21 heavy (non-hydrogen) atoms. The fourth-order valence-corrected chi connectivity index (χ4v) is 2.63. The van der Waals surface area contributed by atoms with Gasteiger partial charge in [-0.1, -0.05) is 18.2 Å². The van der Waals surface area contributed by atoms with Gasteiger partial charge in [-0.05, 0) is 36.4 Å². The lowest BCUT2D eigenvalue weighted by molar-refractivity contribution is -0.116. The Morgan fingerprint density at radius 1 is 1.14 bits per heavy atom. The van der Waals surface area contributed by atoms with Crippen molar-refractivity contribution in [2.24, 2.45) is 0 Å². The smallest absolute Gasteiger partial charge is 0.252 e. The van der Waals surface area contributed by atoms with Crippen molar-refractivity contribution in [2.45, 2.75) is 20.3 Å². The van der Waals surface area contributed by atoms with Crippen LogP contribution in [0.15, 0.2) is 35.0 Å². The molecule has 1 aromatic carbocycles. The summed E-state index contributed by atoms with van der Waals surface area (Å²) in [6.07, 6.45) is 0.254. The Morgan fingerprint density at radius 3 is 2.48 bits per heavy atom. The molecular weight excluding hydrogens is 284 g/mol. The maximum atomic E-state index is 11.9. The molecule has 5 heteroatoms. The number of carbonyl (C=O) groups is 2. The van der Waals surface area contributed by atoms with Crippen LogP contribution in [0.4, 0.5) is 5.69 Å². The Hall–Kier alpha value is -2.14. The molecule has 0 saturated heterocycles. The molecule has 0 aliphatic carbocycles. The topological polar surface area (TPSA) is 58.2 Å². The third-order valence-electron chi connectivity index (χ3n) is 3.17. The van der Waals surface area contributed by atoms with Gasteiger partial charge in [0, 0.05) is 29.6 Å². The summed E-state index contributed by atoms with van der Waals surface area (Å²) in [6, 6.07) is 7.64. The highest BCUT2D eigenvalue weighted by atomic mass is 32.1. The number of anilines is 1. The molecule has 4 nitrogen and oxygen atoms in total. The van der Waals surface area contributed by atoms with Crippen LogP contribution in [-0.2, 0) is 4.79 Å². The standard InChI is InChI=1S/C16H18N2O2S/c1-11-4-3-5-12(2)15(11)18-14(19)6-8-17-16(20)13-7-9-21-10-13/h3-5,7,9-10H,6,8H2,1-2H3,(H,17,20)(H,18,19). The van der Waals surface area contributed by atoms with Crippen LogP contribution < -0.4 is 10.6 Å². The van der Waals surface area contributed by atoms with E-state index in [0.29, 0.717) is 12.1 Å². The average molecular weight is 302 g/mol. The van der Waals surface area contributed by atoms with Gasteiger partial charge >= 0.3 is 0 Å². The highest BCUT2D eigenvalue weighted by Crippen LogP contribution is 2.19. The van der Waals surface area contributed by atoms with Crippen LogP contribution in [0.5, 0.6) is 0 Å². The number of hydrogen-bond acceptors (Lipinski definition) is 3. The van der Waals surface area contributed by atoms with Gasteiger partial charge in [0.05, 0.1) is 0 Å². The number of benzene rings is 1. The van der Waals surface area contributed by atoms with E-state index in [1.165, 1.54) is 11.3 Å². The van der Waals surface area contributed by atoms with Crippen molar-refractivity contribution in [1.82, 2.24) is 5.32 Å². The molecule has 0 unspecified atom stereocenters. The largest absolute Gasteiger partial charge is 0.351 e. The number of aryl methyl sites for hydroxylation is 2. The van der Waals surface area contributed by atoms with Crippen LogP contribution in [0.3, 0.4) is 0 Å². The first-order chi connectivity index (χ1) is 10.1. The molecule has 2 rings (SSSR count). The quantitative estimate of drug-likeness (QED) is 0.891. The molecule has 1 heterocycles. The van der Waals surface area contributed by atoms with Crippen LogP contribution in [0.2, 0.25) is 0 Å². The Labute approximate surface area is 128 Å². The summed E-state index contributed by atoms with van der Waals surface area (Å²) in [5, 5.41) is 9.27. The molecule has 2 amide bonds. The Kier molecular flexibility index (Phi) is 5.11. The Bertz CT molecular complexity index is 615. The van der Waals surface area contributed by atoms with E-state index in [4.69, 9.17) is 0 Å². The molecule has 0 radical (unpaired) electrons. The first-order valence-corrected chi connectivity index (χ1v) is 7.68. The molecule has 0 spiro atoms. The Morgan fingerprint density at radius 2 is 1.86 bits per heavy atom. The number of rotatable bonds is 5. The molecule has 0 aliphatic rings. The van der Waals surface area contributed by atoms with Gasteiger partial charge in [-0.3, -0.25) is 9.59 Å². The molecule has 0 atom stereocenters. The van der Waals surface area contributed by atoms with Gasteiger partial charge in [0.15, 0.2) is 0 Å². The van der Waals surface area contributed by atoms with Crippen molar-refractivity contribution in [3.63, 3.8) is 0 Å². The summed E-state index contributed by atoms with van der Waals surface area (Å²) >= 11 is 1.47. The van der Waals surface area contributed by atoms with Gasteiger partial charge in [-0.15, -0.1) is 0 Å². The normalized spacial score (nSPS) is 10.2. The number of thiophene rings is 1. The van der Waals surface area contributed by atoms with E-state index in [9.17, 15) is 9.59 Å². The number of amides is 2. The monoisotopic (exact) mass is 302 g/mol. The van der Waals surface area contributed by atoms with Crippen molar-refractivity contribution < 1.29 is 9.59 Å². The molecule has 2 aromatic rings. The van der Waals surface area contributed by atoms with Gasteiger partial charge in [0.1, 0.15) is 0 Å². The number of nitrogens with one attached hydrogen (secondary N) is 2. The lowest BCUT2D eigenvalue weighted by Crippen LogP contribution is -2.27. The van der Waals surface area contributed by atoms with Crippen LogP contribution in [0.25, 0.3) is 0 Å². The molecule has 0 aliphatic heterocycles. The highest BCUT2D eigenvalue weighted by molar-refractivity contribution is 7.08. The third kappa shape index (κ3) is 4.16. The Balaban J connectivity index is 1.82. The zero-order chi connectivity index (χ0) is 15.2. The summed E-state index contributed by atoms with van der Waals surface area (Å²) in [6.45, 7) is 4.24. The van der Waals surface area contributed by atoms with Gasteiger partial charge < -0.3 is 10.6 Å². The maximum absolute atomic E-state index is 11.9. The minimum atomic E-state index is -0.142. The van der Waals surface area contributed by atoms with Gasteiger partial charge in [0.25, 0.3) is 5.91 Å². The van der Waals surface area contributed by atoms with E-state index in [-0.39, 0.29) is 18.2 Å². The van der Waals surface area contributed by atoms with E-state index >= 15 is 0 Å². The van der Waals surface area contributed by atoms with E-state index in [0.717, 1.165) is 16.8 Å². The van der Waals surface area contributed by atoms with Crippen molar-refractivity contribution in [2.75, 3.05) is 11.9 Å². The molecule has 0 fully saturated rings. The van der Waals surface area contributed by atoms with Crippen LogP contribution in [0, 0.1) is 13.8 Å². The van der Waals surface area contributed by atoms with Crippen LogP contribution >= 0.6 is 11.3 Å². The second kappa shape index (κ2) is 7.04. The van der Waals surface area contributed by atoms with E-state index in [1.54, 1.807) is 11.4 Å². The molecule has 0 bridgehead atoms. The first kappa shape index (κ1) is 15.3. The van der Waals surface area contributed by atoms with Crippen LogP contribution in [0.1, 0.15) is 27.9 Å². The molecule has 0 saturated carbocycles. The van der Waals surface area contributed by atoms with Crippen molar-refractivity contribution >= 4 is 28.8 Å². The van der Waals surface area contributed by atoms with Crippen molar-refractivity contribution in [1.29, 1.82) is 0 Å². The van der Waals surface area contributed by atoms with Gasteiger partial charge in [-0.2, -0.15) is 11.3 Å². The van der Waals surface area contributed by atoms with Crippen molar-refractivity contribution in [3.8, 4) is 0 Å². The van der Waals surface area contributed by atoms with E-state index in [2.05, 4.69) is 10.6 Å². The van der Waals surface area contributed by atoms with Crippen LogP contribution in [-0.4, -0.2) is 18.4 Å². The third-order valence-corrected chi connectivity index (χ3v) is 3.85. The summed E-state index contributed by atoms with van der Waals surface area (Å²) < 4.78 is 0. The summed E-state index contributed by atoms with van der Waals surface area (Å²) in [7, 11) is 0. The SMILES string of the molecule is Cc1cccc(C)c1NC(=O)CCNC(=O)c1ccsc1. The minimum absolute atomic E-state index is 0.0991. The first-order valence-electron chi connectivity index (χ1n) is 6.74. The molecule has 110 valence electrons. The second-order valence-electron chi connectivity index (χ2n) is 4.83. The predicted molar refractivity (Wildman–Crippen MR) is 85.8 cm³/mol.